The number of piperidine rings is 1. The number of likely N-dealkylation sites (tertiary alicyclic amines) is 1. The fourth-order valence-corrected chi connectivity index (χ4v) is 3.77. The van der Waals surface area contributed by atoms with Gasteiger partial charge in [-0.15, -0.1) is 0 Å². The Labute approximate surface area is 148 Å². The smallest absolute Gasteiger partial charge is 0.236 e. The summed E-state index contributed by atoms with van der Waals surface area (Å²) in [6.45, 7) is 5.47. The Morgan fingerprint density at radius 2 is 1.92 bits per heavy atom. The van der Waals surface area contributed by atoms with E-state index in [1.165, 1.54) is 11.6 Å². The summed E-state index contributed by atoms with van der Waals surface area (Å²) in [6.07, 6.45) is 1.81. The molecule has 0 N–H and O–H groups in total. The van der Waals surface area contributed by atoms with E-state index in [0.29, 0.717) is 25.6 Å². The number of piperazine rings is 1. The average molecular weight is 347 g/mol. The van der Waals surface area contributed by atoms with Crippen LogP contribution in [0.2, 0.25) is 0 Å². The SMILES string of the molecule is Cc1cc(F)ccc1C1CCN(C(=O)CN2CCN(C)C(=O)C2)CC1. The van der Waals surface area contributed by atoms with E-state index in [-0.39, 0.29) is 17.6 Å². The van der Waals surface area contributed by atoms with Crippen LogP contribution < -0.4 is 0 Å². The number of carbonyl (C=O) groups is 2. The molecule has 136 valence electrons. The van der Waals surface area contributed by atoms with Gasteiger partial charge in [0, 0.05) is 33.2 Å². The highest BCUT2D eigenvalue weighted by Crippen LogP contribution is 2.30. The molecule has 0 atom stereocenters. The lowest BCUT2D eigenvalue weighted by Gasteiger charge is -2.36. The Balaban J connectivity index is 1.51. The molecule has 2 heterocycles. The van der Waals surface area contributed by atoms with Crippen LogP contribution in [0, 0.1) is 12.7 Å². The number of halogens is 1. The molecule has 3 rings (SSSR count). The molecule has 2 aliphatic heterocycles. The molecule has 0 aromatic heterocycles. The lowest BCUT2D eigenvalue weighted by atomic mass is 9.87. The second-order valence-electron chi connectivity index (χ2n) is 7.18. The molecular weight excluding hydrogens is 321 g/mol. The van der Waals surface area contributed by atoms with Crippen molar-refractivity contribution in [2.45, 2.75) is 25.7 Å². The number of nitrogens with zero attached hydrogens (tertiary/aromatic N) is 3. The number of carbonyl (C=O) groups excluding carboxylic acids is 2. The van der Waals surface area contributed by atoms with E-state index in [0.717, 1.165) is 38.0 Å². The summed E-state index contributed by atoms with van der Waals surface area (Å²) >= 11 is 0. The number of benzene rings is 1. The van der Waals surface area contributed by atoms with Crippen molar-refractivity contribution in [3.63, 3.8) is 0 Å². The van der Waals surface area contributed by atoms with Gasteiger partial charge in [0.1, 0.15) is 5.82 Å². The number of likely N-dealkylation sites (N-methyl/N-ethyl adjacent to an activating group) is 1. The highest BCUT2D eigenvalue weighted by atomic mass is 19.1. The Morgan fingerprint density at radius 3 is 2.56 bits per heavy atom. The standard InChI is InChI=1S/C19H26FN3O2/c1-14-11-16(20)3-4-17(14)15-5-7-23(8-6-15)19(25)13-22-10-9-21(2)18(24)12-22/h3-4,11,15H,5-10,12-13H2,1-2H3. The van der Waals surface area contributed by atoms with E-state index in [1.807, 2.05) is 22.8 Å². The molecule has 2 aliphatic rings. The van der Waals surface area contributed by atoms with Crippen molar-refractivity contribution in [2.75, 3.05) is 46.3 Å². The Morgan fingerprint density at radius 1 is 1.20 bits per heavy atom. The summed E-state index contributed by atoms with van der Waals surface area (Å²) in [7, 11) is 1.80. The number of amides is 2. The van der Waals surface area contributed by atoms with E-state index in [2.05, 4.69) is 0 Å². The second-order valence-corrected chi connectivity index (χ2v) is 7.18. The van der Waals surface area contributed by atoms with Crippen molar-refractivity contribution >= 4 is 11.8 Å². The minimum absolute atomic E-state index is 0.0737. The van der Waals surface area contributed by atoms with Gasteiger partial charge in [0.15, 0.2) is 0 Å². The zero-order chi connectivity index (χ0) is 18.0. The highest BCUT2D eigenvalue weighted by molar-refractivity contribution is 5.82. The fourth-order valence-electron chi connectivity index (χ4n) is 3.77. The van der Waals surface area contributed by atoms with Gasteiger partial charge >= 0.3 is 0 Å². The third-order valence-electron chi connectivity index (χ3n) is 5.41. The molecule has 1 aromatic rings. The van der Waals surface area contributed by atoms with Gasteiger partial charge < -0.3 is 9.80 Å². The van der Waals surface area contributed by atoms with Crippen molar-refractivity contribution in [2.24, 2.45) is 0 Å². The van der Waals surface area contributed by atoms with Crippen molar-refractivity contribution in [1.29, 1.82) is 0 Å². The monoisotopic (exact) mass is 347 g/mol. The van der Waals surface area contributed by atoms with Gasteiger partial charge in [0.2, 0.25) is 11.8 Å². The van der Waals surface area contributed by atoms with Crippen LogP contribution in [0.15, 0.2) is 18.2 Å². The average Bonchev–Trinajstić information content (AvgIpc) is 2.58. The molecule has 0 saturated carbocycles. The second kappa shape index (κ2) is 7.52. The molecule has 1 aromatic carbocycles. The van der Waals surface area contributed by atoms with Gasteiger partial charge in [-0.25, -0.2) is 4.39 Å². The Kier molecular flexibility index (Phi) is 5.37. The summed E-state index contributed by atoms with van der Waals surface area (Å²) in [5.74, 6) is 0.363. The molecule has 2 amide bonds. The summed E-state index contributed by atoms with van der Waals surface area (Å²) in [5, 5.41) is 0. The van der Waals surface area contributed by atoms with Crippen molar-refractivity contribution < 1.29 is 14.0 Å². The predicted molar refractivity (Wildman–Crippen MR) is 93.8 cm³/mol. The van der Waals surface area contributed by atoms with Crippen LogP contribution in [0.5, 0.6) is 0 Å². The van der Waals surface area contributed by atoms with Gasteiger partial charge in [0.05, 0.1) is 13.1 Å². The van der Waals surface area contributed by atoms with Crippen LogP contribution in [0.1, 0.15) is 29.9 Å². The molecule has 0 bridgehead atoms. The first-order valence-electron chi connectivity index (χ1n) is 8.94. The van der Waals surface area contributed by atoms with E-state index in [4.69, 9.17) is 0 Å². The van der Waals surface area contributed by atoms with Crippen molar-refractivity contribution in [3.05, 3.63) is 35.1 Å². The first-order chi connectivity index (χ1) is 11.9. The molecule has 0 aliphatic carbocycles. The summed E-state index contributed by atoms with van der Waals surface area (Å²) in [6, 6.07) is 4.98. The third kappa shape index (κ3) is 4.18. The maximum absolute atomic E-state index is 13.3. The Bertz CT molecular complexity index is 656. The minimum atomic E-state index is -0.199. The largest absolute Gasteiger partial charge is 0.343 e. The van der Waals surface area contributed by atoms with Gasteiger partial charge in [0.25, 0.3) is 0 Å². The zero-order valence-electron chi connectivity index (χ0n) is 15.0. The topological polar surface area (TPSA) is 43.9 Å². The lowest BCUT2D eigenvalue weighted by Crippen LogP contribution is -2.52. The van der Waals surface area contributed by atoms with Crippen LogP contribution in [-0.2, 0) is 9.59 Å². The number of hydrogen-bond donors (Lipinski definition) is 0. The van der Waals surface area contributed by atoms with Gasteiger partial charge in [-0.3, -0.25) is 14.5 Å². The van der Waals surface area contributed by atoms with E-state index in [1.54, 1.807) is 18.0 Å². The highest BCUT2D eigenvalue weighted by Gasteiger charge is 2.28. The quantitative estimate of drug-likeness (QED) is 0.834. The molecular formula is C19H26FN3O2. The van der Waals surface area contributed by atoms with Gasteiger partial charge in [-0.2, -0.15) is 0 Å². The van der Waals surface area contributed by atoms with Gasteiger partial charge in [-0.05, 0) is 48.9 Å². The summed E-state index contributed by atoms with van der Waals surface area (Å²) in [5.41, 5.74) is 2.18. The van der Waals surface area contributed by atoms with Crippen LogP contribution >= 0.6 is 0 Å². The fraction of sp³-hybridized carbons (Fsp3) is 0.579. The normalized spacial score (nSPS) is 20.2. The predicted octanol–water partition coefficient (Wildman–Crippen LogP) is 1.61. The van der Waals surface area contributed by atoms with Crippen molar-refractivity contribution in [3.8, 4) is 0 Å². The third-order valence-corrected chi connectivity index (χ3v) is 5.41. The number of hydrogen-bond acceptors (Lipinski definition) is 3. The van der Waals surface area contributed by atoms with E-state index < -0.39 is 0 Å². The first kappa shape index (κ1) is 17.9. The molecule has 2 saturated heterocycles. The van der Waals surface area contributed by atoms with Crippen LogP contribution in [0.3, 0.4) is 0 Å². The number of rotatable bonds is 3. The van der Waals surface area contributed by atoms with Crippen LogP contribution in [-0.4, -0.2) is 72.8 Å². The van der Waals surface area contributed by atoms with E-state index >= 15 is 0 Å². The van der Waals surface area contributed by atoms with Crippen LogP contribution in [0.4, 0.5) is 4.39 Å². The maximum Gasteiger partial charge on any atom is 0.236 e. The summed E-state index contributed by atoms with van der Waals surface area (Å²) in [4.78, 5) is 29.8. The first-order valence-corrected chi connectivity index (χ1v) is 8.94. The maximum atomic E-state index is 13.3. The molecule has 2 fully saturated rings. The van der Waals surface area contributed by atoms with E-state index in [9.17, 15) is 14.0 Å². The molecule has 25 heavy (non-hydrogen) atoms. The molecule has 6 heteroatoms. The molecule has 5 nitrogen and oxygen atoms in total. The lowest BCUT2D eigenvalue weighted by molar-refractivity contribution is -0.138. The Hall–Kier alpha value is -1.95. The molecule has 0 spiro atoms. The molecule has 0 unspecified atom stereocenters. The van der Waals surface area contributed by atoms with Crippen molar-refractivity contribution in [1.82, 2.24) is 14.7 Å². The number of aryl methyl sites for hydroxylation is 1. The molecule has 0 radical (unpaired) electrons. The minimum Gasteiger partial charge on any atom is -0.343 e. The van der Waals surface area contributed by atoms with Gasteiger partial charge in [-0.1, -0.05) is 6.07 Å². The zero-order valence-corrected chi connectivity index (χ0v) is 15.0. The summed E-state index contributed by atoms with van der Waals surface area (Å²) < 4.78 is 13.3. The van der Waals surface area contributed by atoms with Crippen LogP contribution in [0.25, 0.3) is 0 Å².